The Kier molecular flexibility index (Phi) is 4.20. The molecule has 2 aromatic carbocycles. The Hall–Kier alpha value is -2.99. The van der Waals surface area contributed by atoms with Gasteiger partial charge in [0.1, 0.15) is 19.0 Å². The molecule has 2 aliphatic heterocycles. The van der Waals surface area contributed by atoms with Crippen molar-refractivity contribution in [1.82, 2.24) is 5.32 Å². The molecule has 28 heavy (non-hydrogen) atoms. The molecular formula is C22H22N2O4. The van der Waals surface area contributed by atoms with Crippen LogP contribution in [0.4, 0.5) is 5.69 Å². The van der Waals surface area contributed by atoms with Crippen LogP contribution in [0.15, 0.2) is 51.7 Å². The molecular weight excluding hydrogens is 356 g/mol. The van der Waals surface area contributed by atoms with Gasteiger partial charge in [0, 0.05) is 36.9 Å². The average Bonchev–Trinajstić information content (AvgIpc) is 2.73. The van der Waals surface area contributed by atoms with E-state index in [4.69, 9.17) is 13.9 Å². The van der Waals surface area contributed by atoms with Crippen LogP contribution in [-0.4, -0.2) is 38.9 Å². The molecule has 1 saturated heterocycles. The van der Waals surface area contributed by atoms with Gasteiger partial charge < -0.3 is 24.1 Å². The van der Waals surface area contributed by atoms with Crippen molar-refractivity contribution < 1.29 is 13.9 Å². The fourth-order valence-corrected chi connectivity index (χ4v) is 3.87. The van der Waals surface area contributed by atoms with Crippen molar-refractivity contribution in [2.24, 2.45) is 0 Å². The fourth-order valence-electron chi connectivity index (χ4n) is 3.87. The van der Waals surface area contributed by atoms with Gasteiger partial charge in [0.05, 0.1) is 5.39 Å². The van der Waals surface area contributed by atoms with Crippen LogP contribution in [0.1, 0.15) is 6.92 Å². The van der Waals surface area contributed by atoms with Crippen LogP contribution >= 0.6 is 0 Å². The Morgan fingerprint density at radius 3 is 2.75 bits per heavy atom. The number of anilines is 1. The number of ether oxygens (including phenoxy) is 2. The Labute approximate surface area is 162 Å². The highest BCUT2D eigenvalue weighted by Gasteiger charge is 2.18. The van der Waals surface area contributed by atoms with Gasteiger partial charge in [-0.2, -0.15) is 0 Å². The normalized spacial score (nSPS) is 19.0. The lowest BCUT2D eigenvalue weighted by Crippen LogP contribution is -2.49. The van der Waals surface area contributed by atoms with E-state index >= 15 is 0 Å². The maximum absolute atomic E-state index is 12.7. The molecule has 1 atom stereocenters. The average molecular weight is 378 g/mol. The highest BCUT2D eigenvalue weighted by Crippen LogP contribution is 2.35. The van der Waals surface area contributed by atoms with E-state index in [9.17, 15) is 4.79 Å². The van der Waals surface area contributed by atoms with E-state index in [2.05, 4.69) is 23.2 Å². The maximum atomic E-state index is 12.7. The number of hydrogen-bond acceptors (Lipinski definition) is 6. The molecule has 1 aromatic heterocycles. The van der Waals surface area contributed by atoms with E-state index in [-0.39, 0.29) is 5.63 Å². The summed E-state index contributed by atoms with van der Waals surface area (Å²) < 4.78 is 16.8. The van der Waals surface area contributed by atoms with Crippen molar-refractivity contribution in [1.29, 1.82) is 0 Å². The third-order valence-electron chi connectivity index (χ3n) is 5.31. The number of benzene rings is 2. The van der Waals surface area contributed by atoms with Crippen LogP contribution in [0.3, 0.4) is 0 Å². The topological polar surface area (TPSA) is 63.9 Å². The quantitative estimate of drug-likeness (QED) is 0.740. The molecule has 5 rings (SSSR count). The lowest BCUT2D eigenvalue weighted by Gasteiger charge is -2.33. The number of hydrogen-bond donors (Lipinski definition) is 1. The summed E-state index contributed by atoms with van der Waals surface area (Å²) in [6, 6.07) is 13.9. The van der Waals surface area contributed by atoms with Crippen molar-refractivity contribution in [2.45, 2.75) is 13.0 Å². The van der Waals surface area contributed by atoms with Gasteiger partial charge in [-0.15, -0.1) is 0 Å². The number of rotatable bonds is 2. The van der Waals surface area contributed by atoms with E-state index in [0.29, 0.717) is 41.9 Å². The molecule has 1 unspecified atom stereocenters. The van der Waals surface area contributed by atoms with Crippen LogP contribution < -0.4 is 25.3 Å². The molecule has 6 heteroatoms. The molecule has 0 saturated carbocycles. The standard InChI is InChI=1S/C22H22N2O4/c1-14-13-24(7-6-23-14)17-4-2-15-10-20(28-22(25)18(15)12-17)16-3-5-19-21(11-16)27-9-8-26-19/h2-5,10-12,14,23H,6-9,13H2,1H3. The second kappa shape index (κ2) is 6.87. The van der Waals surface area contributed by atoms with Gasteiger partial charge in [-0.3, -0.25) is 0 Å². The zero-order valence-electron chi connectivity index (χ0n) is 15.7. The summed E-state index contributed by atoms with van der Waals surface area (Å²) >= 11 is 0. The Balaban J connectivity index is 1.52. The molecule has 0 bridgehead atoms. The van der Waals surface area contributed by atoms with Gasteiger partial charge in [-0.1, -0.05) is 6.07 Å². The largest absolute Gasteiger partial charge is 0.486 e. The third-order valence-corrected chi connectivity index (χ3v) is 5.31. The first-order valence-electron chi connectivity index (χ1n) is 9.64. The van der Waals surface area contributed by atoms with Crippen LogP contribution in [-0.2, 0) is 0 Å². The van der Waals surface area contributed by atoms with Crippen molar-refractivity contribution in [3.63, 3.8) is 0 Å². The number of nitrogens with one attached hydrogen (secondary N) is 1. The predicted octanol–water partition coefficient (Wildman–Crippen LogP) is 3.03. The lowest BCUT2D eigenvalue weighted by atomic mass is 10.1. The lowest BCUT2D eigenvalue weighted by molar-refractivity contribution is 0.171. The Bertz CT molecular complexity index is 1090. The molecule has 144 valence electrons. The summed E-state index contributed by atoms with van der Waals surface area (Å²) in [6.07, 6.45) is 0. The minimum atomic E-state index is -0.326. The van der Waals surface area contributed by atoms with E-state index in [1.807, 2.05) is 36.4 Å². The number of fused-ring (bicyclic) bond motifs is 2. The van der Waals surface area contributed by atoms with Crippen molar-refractivity contribution >= 4 is 16.5 Å². The zero-order chi connectivity index (χ0) is 19.1. The summed E-state index contributed by atoms with van der Waals surface area (Å²) in [6.45, 7) is 6.03. The van der Waals surface area contributed by atoms with Gasteiger partial charge in [0.25, 0.3) is 0 Å². The monoisotopic (exact) mass is 378 g/mol. The molecule has 2 aliphatic rings. The predicted molar refractivity (Wildman–Crippen MR) is 109 cm³/mol. The molecule has 0 radical (unpaired) electrons. The van der Waals surface area contributed by atoms with Crippen LogP contribution in [0.2, 0.25) is 0 Å². The minimum absolute atomic E-state index is 0.326. The summed E-state index contributed by atoms with van der Waals surface area (Å²) in [7, 11) is 0. The summed E-state index contributed by atoms with van der Waals surface area (Å²) in [4.78, 5) is 15.0. The van der Waals surface area contributed by atoms with Crippen molar-refractivity contribution in [3.05, 3.63) is 52.9 Å². The summed E-state index contributed by atoms with van der Waals surface area (Å²) in [5.41, 5.74) is 1.52. The first kappa shape index (κ1) is 17.1. The Morgan fingerprint density at radius 1 is 1.04 bits per heavy atom. The summed E-state index contributed by atoms with van der Waals surface area (Å²) in [5, 5.41) is 4.91. The fraction of sp³-hybridized carbons (Fsp3) is 0.318. The van der Waals surface area contributed by atoms with Gasteiger partial charge >= 0.3 is 5.63 Å². The van der Waals surface area contributed by atoms with E-state index in [1.54, 1.807) is 0 Å². The highest BCUT2D eigenvalue weighted by atomic mass is 16.6. The molecule has 0 aliphatic carbocycles. The van der Waals surface area contributed by atoms with E-state index in [1.165, 1.54) is 0 Å². The van der Waals surface area contributed by atoms with E-state index < -0.39 is 0 Å². The Morgan fingerprint density at radius 2 is 1.89 bits per heavy atom. The van der Waals surface area contributed by atoms with Crippen LogP contribution in [0.25, 0.3) is 22.1 Å². The second-order valence-electron chi connectivity index (χ2n) is 7.33. The van der Waals surface area contributed by atoms with Crippen molar-refractivity contribution in [2.75, 3.05) is 37.7 Å². The van der Waals surface area contributed by atoms with Gasteiger partial charge in [0.2, 0.25) is 0 Å². The number of nitrogens with zero attached hydrogens (tertiary/aromatic N) is 1. The van der Waals surface area contributed by atoms with Gasteiger partial charge in [0.15, 0.2) is 11.5 Å². The van der Waals surface area contributed by atoms with Gasteiger partial charge in [-0.25, -0.2) is 4.79 Å². The van der Waals surface area contributed by atoms with Crippen LogP contribution in [0, 0.1) is 0 Å². The molecule has 1 N–H and O–H groups in total. The second-order valence-corrected chi connectivity index (χ2v) is 7.33. The minimum Gasteiger partial charge on any atom is -0.486 e. The van der Waals surface area contributed by atoms with E-state index in [0.717, 1.165) is 36.3 Å². The molecule has 1 fully saturated rings. The third kappa shape index (κ3) is 3.10. The SMILES string of the molecule is CC1CN(c2ccc3cc(-c4ccc5c(c4)OCCO5)oc(=O)c3c2)CCN1. The zero-order valence-corrected chi connectivity index (χ0v) is 15.7. The first-order valence-corrected chi connectivity index (χ1v) is 9.64. The highest BCUT2D eigenvalue weighted by molar-refractivity contribution is 5.87. The first-order chi connectivity index (χ1) is 13.7. The smallest absolute Gasteiger partial charge is 0.344 e. The van der Waals surface area contributed by atoms with Crippen molar-refractivity contribution in [3.8, 4) is 22.8 Å². The molecule has 0 spiro atoms. The number of piperazine rings is 1. The molecule has 6 nitrogen and oxygen atoms in total. The molecule has 3 aromatic rings. The molecule has 0 amide bonds. The summed E-state index contributed by atoms with van der Waals surface area (Å²) in [5.74, 6) is 1.92. The van der Waals surface area contributed by atoms with Gasteiger partial charge in [-0.05, 0) is 48.7 Å². The van der Waals surface area contributed by atoms with Crippen LogP contribution in [0.5, 0.6) is 11.5 Å². The molecule has 3 heterocycles. The maximum Gasteiger partial charge on any atom is 0.344 e.